The Hall–Kier alpha value is -3.15. The number of nitrogens with one attached hydrogen (secondary N) is 1. The number of hydrogen-bond acceptors (Lipinski definition) is 4. The van der Waals surface area contributed by atoms with Crippen LogP contribution in [0, 0.1) is 5.92 Å². The monoisotopic (exact) mass is 380 g/mol. The molecular weight excluding hydrogens is 356 g/mol. The Morgan fingerprint density at radius 2 is 1.71 bits per heavy atom. The van der Waals surface area contributed by atoms with Crippen molar-refractivity contribution in [1.82, 2.24) is 0 Å². The average Bonchev–Trinajstić information content (AvgIpc) is 3.10. The van der Waals surface area contributed by atoms with Gasteiger partial charge in [-0.25, -0.2) is 4.79 Å². The van der Waals surface area contributed by atoms with Crippen LogP contribution in [0.4, 0.5) is 11.4 Å². The van der Waals surface area contributed by atoms with Crippen molar-refractivity contribution in [1.29, 1.82) is 0 Å². The summed E-state index contributed by atoms with van der Waals surface area (Å²) in [5.74, 6) is -0.692. The molecule has 1 aliphatic rings. The number of esters is 1. The molecule has 3 rings (SSSR count). The van der Waals surface area contributed by atoms with Gasteiger partial charge in [-0.15, -0.1) is 0 Å². The molecule has 0 spiro atoms. The molecule has 1 saturated heterocycles. The zero-order valence-corrected chi connectivity index (χ0v) is 16.3. The fourth-order valence-corrected chi connectivity index (χ4v) is 3.22. The molecule has 2 amide bonds. The number of hydrogen-bond donors (Lipinski definition) is 1. The molecule has 6 heteroatoms. The molecule has 2 aromatic carbocycles. The minimum Gasteiger partial charge on any atom is -0.465 e. The molecular formula is C22H24N2O4. The van der Waals surface area contributed by atoms with Crippen molar-refractivity contribution in [2.24, 2.45) is 5.92 Å². The quantitative estimate of drug-likeness (QED) is 0.805. The number of carbonyl (C=O) groups excluding carboxylic acids is 3. The van der Waals surface area contributed by atoms with Gasteiger partial charge in [-0.3, -0.25) is 9.59 Å². The largest absolute Gasteiger partial charge is 0.465 e. The SMILES string of the molecule is COC(=O)c1ccc(NC(=O)C2CC(=O)N(c3ccc(C(C)C)cc3)C2)cc1. The molecule has 1 unspecified atom stereocenters. The summed E-state index contributed by atoms with van der Waals surface area (Å²) in [4.78, 5) is 38.1. The van der Waals surface area contributed by atoms with Crippen LogP contribution >= 0.6 is 0 Å². The van der Waals surface area contributed by atoms with E-state index >= 15 is 0 Å². The summed E-state index contributed by atoms with van der Waals surface area (Å²) in [6.45, 7) is 4.59. The van der Waals surface area contributed by atoms with E-state index in [4.69, 9.17) is 0 Å². The Balaban J connectivity index is 1.64. The number of methoxy groups -OCH3 is 1. The lowest BCUT2D eigenvalue weighted by molar-refractivity contribution is -0.122. The summed E-state index contributed by atoms with van der Waals surface area (Å²) in [7, 11) is 1.32. The van der Waals surface area contributed by atoms with Gasteiger partial charge in [0, 0.05) is 24.3 Å². The summed E-state index contributed by atoms with van der Waals surface area (Å²) in [5, 5.41) is 2.81. The third-order valence-electron chi connectivity index (χ3n) is 4.94. The highest BCUT2D eigenvalue weighted by Gasteiger charge is 2.35. The van der Waals surface area contributed by atoms with Gasteiger partial charge in [0.15, 0.2) is 0 Å². The second-order valence-electron chi connectivity index (χ2n) is 7.21. The summed E-state index contributed by atoms with van der Waals surface area (Å²) >= 11 is 0. The lowest BCUT2D eigenvalue weighted by atomic mass is 10.0. The van der Waals surface area contributed by atoms with E-state index < -0.39 is 11.9 Å². The van der Waals surface area contributed by atoms with Crippen LogP contribution < -0.4 is 10.2 Å². The number of rotatable bonds is 5. The van der Waals surface area contributed by atoms with Gasteiger partial charge in [0.05, 0.1) is 18.6 Å². The van der Waals surface area contributed by atoms with Crippen LogP contribution in [-0.4, -0.2) is 31.4 Å². The van der Waals surface area contributed by atoms with Crippen molar-refractivity contribution in [3.05, 3.63) is 59.7 Å². The highest BCUT2D eigenvalue weighted by atomic mass is 16.5. The molecule has 0 saturated carbocycles. The second kappa shape index (κ2) is 8.25. The highest BCUT2D eigenvalue weighted by Crippen LogP contribution is 2.27. The van der Waals surface area contributed by atoms with Crippen molar-refractivity contribution in [2.45, 2.75) is 26.2 Å². The van der Waals surface area contributed by atoms with Crippen LogP contribution in [0.3, 0.4) is 0 Å². The summed E-state index contributed by atoms with van der Waals surface area (Å²) < 4.78 is 4.66. The first kappa shape index (κ1) is 19.6. The van der Waals surface area contributed by atoms with E-state index in [1.165, 1.54) is 12.7 Å². The number of nitrogens with zero attached hydrogens (tertiary/aromatic N) is 1. The molecule has 0 aliphatic carbocycles. The van der Waals surface area contributed by atoms with E-state index in [0.29, 0.717) is 23.7 Å². The zero-order valence-electron chi connectivity index (χ0n) is 16.3. The van der Waals surface area contributed by atoms with E-state index in [1.54, 1.807) is 29.2 Å². The molecule has 6 nitrogen and oxygen atoms in total. The first-order valence-electron chi connectivity index (χ1n) is 9.28. The average molecular weight is 380 g/mol. The first-order chi connectivity index (χ1) is 13.4. The zero-order chi connectivity index (χ0) is 20.3. The summed E-state index contributed by atoms with van der Waals surface area (Å²) in [6, 6.07) is 14.4. The van der Waals surface area contributed by atoms with E-state index in [2.05, 4.69) is 23.9 Å². The minimum atomic E-state index is -0.432. The molecule has 1 N–H and O–H groups in total. The van der Waals surface area contributed by atoms with Crippen LogP contribution in [0.25, 0.3) is 0 Å². The molecule has 1 heterocycles. The van der Waals surface area contributed by atoms with Crippen LogP contribution in [-0.2, 0) is 14.3 Å². The van der Waals surface area contributed by atoms with E-state index in [9.17, 15) is 14.4 Å². The summed E-state index contributed by atoms with van der Waals surface area (Å²) in [6.07, 6.45) is 0.179. The van der Waals surface area contributed by atoms with Gasteiger partial charge in [0.1, 0.15) is 0 Å². The molecule has 28 heavy (non-hydrogen) atoms. The van der Waals surface area contributed by atoms with Crippen LogP contribution in [0.15, 0.2) is 48.5 Å². The van der Waals surface area contributed by atoms with Crippen molar-refractivity contribution in [3.63, 3.8) is 0 Å². The number of benzene rings is 2. The number of ether oxygens (including phenoxy) is 1. The third-order valence-corrected chi connectivity index (χ3v) is 4.94. The van der Waals surface area contributed by atoms with Crippen LogP contribution in [0.1, 0.15) is 42.1 Å². The van der Waals surface area contributed by atoms with Crippen molar-refractivity contribution >= 4 is 29.2 Å². The van der Waals surface area contributed by atoms with Gasteiger partial charge in [0.2, 0.25) is 11.8 Å². The molecule has 1 atom stereocenters. The Morgan fingerprint density at radius 3 is 2.29 bits per heavy atom. The number of anilines is 2. The lowest BCUT2D eigenvalue weighted by Gasteiger charge is -2.18. The summed E-state index contributed by atoms with van der Waals surface area (Å²) in [5.41, 5.74) is 3.00. The Bertz CT molecular complexity index is 872. The van der Waals surface area contributed by atoms with E-state index in [0.717, 1.165) is 5.69 Å². The van der Waals surface area contributed by atoms with Gasteiger partial charge >= 0.3 is 5.97 Å². The smallest absolute Gasteiger partial charge is 0.337 e. The van der Waals surface area contributed by atoms with Gasteiger partial charge in [-0.2, -0.15) is 0 Å². The van der Waals surface area contributed by atoms with E-state index in [1.807, 2.05) is 24.3 Å². The minimum absolute atomic E-state index is 0.0570. The van der Waals surface area contributed by atoms with Crippen molar-refractivity contribution in [2.75, 3.05) is 23.9 Å². The fraction of sp³-hybridized carbons (Fsp3) is 0.318. The predicted octanol–water partition coefficient (Wildman–Crippen LogP) is 3.59. The van der Waals surface area contributed by atoms with Crippen LogP contribution in [0.5, 0.6) is 0 Å². The lowest BCUT2D eigenvalue weighted by Crippen LogP contribution is -2.28. The molecule has 2 aromatic rings. The Morgan fingerprint density at radius 1 is 1.07 bits per heavy atom. The molecule has 0 aromatic heterocycles. The molecule has 146 valence electrons. The number of amides is 2. The normalized spacial score (nSPS) is 16.4. The number of carbonyl (C=O) groups is 3. The Labute approximate surface area is 164 Å². The molecule has 1 aliphatic heterocycles. The maximum Gasteiger partial charge on any atom is 0.337 e. The van der Waals surface area contributed by atoms with Gasteiger partial charge in [-0.05, 0) is 47.9 Å². The maximum atomic E-state index is 12.6. The van der Waals surface area contributed by atoms with Crippen LogP contribution in [0.2, 0.25) is 0 Å². The maximum absolute atomic E-state index is 12.6. The highest BCUT2D eigenvalue weighted by molar-refractivity contribution is 6.03. The Kier molecular flexibility index (Phi) is 5.78. The fourth-order valence-electron chi connectivity index (χ4n) is 3.22. The molecule has 0 radical (unpaired) electrons. The van der Waals surface area contributed by atoms with E-state index in [-0.39, 0.29) is 18.2 Å². The standard InChI is InChI=1S/C22H24N2O4/c1-14(2)15-6-10-19(11-7-15)24-13-17(12-20(24)25)21(26)23-18-8-4-16(5-9-18)22(27)28-3/h4-11,14,17H,12-13H2,1-3H3,(H,23,26). The van der Waals surface area contributed by atoms with Crippen molar-refractivity contribution in [3.8, 4) is 0 Å². The second-order valence-corrected chi connectivity index (χ2v) is 7.21. The first-order valence-corrected chi connectivity index (χ1v) is 9.28. The van der Waals surface area contributed by atoms with Crippen molar-refractivity contribution < 1.29 is 19.1 Å². The predicted molar refractivity (Wildman–Crippen MR) is 107 cm³/mol. The van der Waals surface area contributed by atoms with Gasteiger partial charge in [0.25, 0.3) is 0 Å². The van der Waals surface area contributed by atoms with Gasteiger partial charge < -0.3 is 15.0 Å². The third kappa shape index (κ3) is 4.22. The molecule has 1 fully saturated rings. The van der Waals surface area contributed by atoms with Gasteiger partial charge in [-0.1, -0.05) is 26.0 Å². The molecule has 0 bridgehead atoms. The topological polar surface area (TPSA) is 75.7 Å².